The molecule has 0 saturated heterocycles. The van der Waals surface area contributed by atoms with Gasteiger partial charge in [0.2, 0.25) is 5.91 Å². The molecule has 0 radical (unpaired) electrons. The third-order valence-corrected chi connectivity index (χ3v) is 10.00. The number of hydrogen-bond acceptors (Lipinski definition) is 7. The van der Waals surface area contributed by atoms with Gasteiger partial charge in [-0.2, -0.15) is 0 Å². The van der Waals surface area contributed by atoms with Crippen molar-refractivity contribution in [3.63, 3.8) is 0 Å². The minimum absolute atomic E-state index is 0.00709. The molecular formula is C33H39N3O4S3. The van der Waals surface area contributed by atoms with Gasteiger partial charge in [-0.25, -0.2) is 4.79 Å². The second-order valence-electron chi connectivity index (χ2n) is 11.7. The Morgan fingerprint density at radius 1 is 1.07 bits per heavy atom. The molecule has 43 heavy (non-hydrogen) atoms. The lowest BCUT2D eigenvalue weighted by molar-refractivity contribution is -0.115. The highest BCUT2D eigenvalue weighted by atomic mass is 32.2. The van der Waals surface area contributed by atoms with Gasteiger partial charge in [-0.05, 0) is 112 Å². The Kier molecular flexibility index (Phi) is 10.7. The fraction of sp³-hybridized carbons (Fsp3) is 0.394. The van der Waals surface area contributed by atoms with Crippen LogP contribution < -0.4 is 16.0 Å². The SMILES string of the molecule is CCOC(=O)c1c(NC(=O)C(C)Sc2cccc(NC(=S)Nc3ccc(C(C)=O)cc3)c2)sc2c1CCC(C(C)(C)C)C2. The Balaban J connectivity index is 1.41. The van der Waals surface area contributed by atoms with Crippen LogP contribution in [0, 0.1) is 11.3 Å². The zero-order valence-corrected chi connectivity index (χ0v) is 27.9. The Morgan fingerprint density at radius 3 is 2.42 bits per heavy atom. The minimum atomic E-state index is -0.420. The summed E-state index contributed by atoms with van der Waals surface area (Å²) in [5.74, 6) is -0.0234. The molecule has 0 bridgehead atoms. The van der Waals surface area contributed by atoms with Crippen LogP contribution in [0.5, 0.6) is 0 Å². The van der Waals surface area contributed by atoms with Crippen molar-refractivity contribution in [2.24, 2.45) is 11.3 Å². The van der Waals surface area contributed by atoms with Crippen LogP contribution in [-0.2, 0) is 22.4 Å². The van der Waals surface area contributed by atoms with Crippen molar-refractivity contribution in [1.29, 1.82) is 0 Å². The summed E-state index contributed by atoms with van der Waals surface area (Å²) in [5, 5.41) is 9.92. The number of anilines is 3. The van der Waals surface area contributed by atoms with E-state index in [0.29, 0.717) is 27.2 Å². The first-order valence-corrected chi connectivity index (χ1v) is 16.5. The topological polar surface area (TPSA) is 96.5 Å². The second kappa shape index (κ2) is 14.1. The van der Waals surface area contributed by atoms with Gasteiger partial charge in [-0.15, -0.1) is 23.1 Å². The summed E-state index contributed by atoms with van der Waals surface area (Å²) < 4.78 is 5.40. The van der Waals surface area contributed by atoms with E-state index in [1.807, 2.05) is 31.2 Å². The number of Topliss-reactive ketones (excluding diaryl/α,β-unsaturated/α-hetero) is 1. The van der Waals surface area contributed by atoms with Crippen LogP contribution in [0.15, 0.2) is 53.4 Å². The minimum Gasteiger partial charge on any atom is -0.462 e. The van der Waals surface area contributed by atoms with Crippen LogP contribution in [0.3, 0.4) is 0 Å². The van der Waals surface area contributed by atoms with E-state index in [9.17, 15) is 14.4 Å². The molecule has 0 aliphatic heterocycles. The van der Waals surface area contributed by atoms with Crippen LogP contribution in [0.4, 0.5) is 16.4 Å². The van der Waals surface area contributed by atoms with Gasteiger partial charge in [-0.1, -0.05) is 26.8 Å². The zero-order valence-electron chi connectivity index (χ0n) is 25.5. The van der Waals surface area contributed by atoms with Crippen LogP contribution in [0.2, 0.25) is 0 Å². The predicted molar refractivity (Wildman–Crippen MR) is 182 cm³/mol. The number of ether oxygens (including phenoxy) is 1. The summed E-state index contributed by atoms with van der Waals surface area (Å²) in [6.07, 6.45) is 2.72. The number of benzene rings is 2. The number of rotatable bonds is 9. The molecule has 2 unspecified atom stereocenters. The van der Waals surface area contributed by atoms with Crippen molar-refractivity contribution in [3.8, 4) is 0 Å². The summed E-state index contributed by atoms with van der Waals surface area (Å²) in [6, 6.07) is 14.8. The van der Waals surface area contributed by atoms with Gasteiger partial charge < -0.3 is 20.7 Å². The molecule has 10 heteroatoms. The predicted octanol–water partition coefficient (Wildman–Crippen LogP) is 8.21. The third kappa shape index (κ3) is 8.46. The molecule has 1 aromatic heterocycles. The number of thiocarbonyl (C=S) groups is 1. The molecule has 228 valence electrons. The van der Waals surface area contributed by atoms with Gasteiger partial charge in [0.05, 0.1) is 17.4 Å². The van der Waals surface area contributed by atoms with E-state index in [4.69, 9.17) is 17.0 Å². The van der Waals surface area contributed by atoms with Gasteiger partial charge in [0.1, 0.15) is 5.00 Å². The second-order valence-corrected chi connectivity index (χ2v) is 14.7. The molecular weight excluding hydrogens is 599 g/mol. The number of fused-ring (bicyclic) bond motifs is 1. The Bertz CT molecular complexity index is 1510. The molecule has 3 N–H and O–H groups in total. The van der Waals surface area contributed by atoms with Crippen LogP contribution in [-0.4, -0.2) is 34.6 Å². The number of nitrogens with one attached hydrogen (secondary N) is 3. The van der Waals surface area contributed by atoms with Gasteiger partial charge in [-0.3, -0.25) is 9.59 Å². The number of esters is 1. The summed E-state index contributed by atoms with van der Waals surface area (Å²) in [6.45, 7) is 12.2. The van der Waals surface area contributed by atoms with Crippen molar-refractivity contribution >= 4 is 74.5 Å². The first kappa shape index (κ1) is 32.7. The maximum atomic E-state index is 13.4. The maximum Gasteiger partial charge on any atom is 0.341 e. The summed E-state index contributed by atoms with van der Waals surface area (Å²) in [7, 11) is 0. The van der Waals surface area contributed by atoms with Gasteiger partial charge >= 0.3 is 5.97 Å². The molecule has 1 amide bonds. The van der Waals surface area contributed by atoms with Crippen molar-refractivity contribution in [3.05, 3.63) is 70.1 Å². The van der Waals surface area contributed by atoms with Gasteiger partial charge in [0.15, 0.2) is 10.9 Å². The Morgan fingerprint density at radius 2 is 1.77 bits per heavy atom. The quantitative estimate of drug-likeness (QED) is 0.0935. The lowest BCUT2D eigenvalue weighted by Crippen LogP contribution is -2.27. The smallest absolute Gasteiger partial charge is 0.341 e. The molecule has 1 heterocycles. The van der Waals surface area contributed by atoms with Gasteiger partial charge in [0.25, 0.3) is 0 Å². The average molecular weight is 638 g/mol. The Hall–Kier alpha value is -3.21. The van der Waals surface area contributed by atoms with Crippen molar-refractivity contribution in [1.82, 2.24) is 0 Å². The average Bonchev–Trinajstić information content (AvgIpc) is 3.30. The van der Waals surface area contributed by atoms with Crippen molar-refractivity contribution in [2.75, 3.05) is 22.6 Å². The molecule has 2 aromatic carbocycles. The van der Waals surface area contributed by atoms with E-state index in [1.54, 1.807) is 31.2 Å². The number of thioether (sulfide) groups is 1. The molecule has 0 fully saturated rings. The summed E-state index contributed by atoms with van der Waals surface area (Å²) >= 11 is 8.40. The van der Waals surface area contributed by atoms with Crippen molar-refractivity contribution in [2.45, 2.75) is 71.0 Å². The number of carbonyl (C=O) groups excluding carboxylic acids is 3. The molecule has 2 atom stereocenters. The highest BCUT2D eigenvalue weighted by Crippen LogP contribution is 2.44. The molecule has 1 aliphatic rings. The normalized spacial score (nSPS) is 15.2. The summed E-state index contributed by atoms with van der Waals surface area (Å²) in [4.78, 5) is 39.9. The van der Waals surface area contributed by atoms with Crippen LogP contribution in [0.25, 0.3) is 0 Å². The van der Waals surface area contributed by atoms with E-state index >= 15 is 0 Å². The van der Waals surface area contributed by atoms with Crippen molar-refractivity contribution < 1.29 is 19.1 Å². The van der Waals surface area contributed by atoms with Crippen LogP contribution >= 0.6 is 35.3 Å². The Labute approximate surface area is 267 Å². The lowest BCUT2D eigenvalue weighted by Gasteiger charge is -2.33. The molecule has 4 rings (SSSR count). The monoisotopic (exact) mass is 637 g/mol. The van der Waals surface area contributed by atoms with E-state index in [1.165, 1.54) is 34.9 Å². The third-order valence-electron chi connectivity index (χ3n) is 7.53. The zero-order chi connectivity index (χ0) is 31.3. The van der Waals surface area contributed by atoms with E-state index < -0.39 is 5.25 Å². The number of hydrogen-bond donors (Lipinski definition) is 3. The largest absolute Gasteiger partial charge is 0.462 e. The number of carbonyl (C=O) groups is 3. The number of thiophene rings is 1. The molecule has 1 aliphatic carbocycles. The van der Waals surface area contributed by atoms with E-state index in [2.05, 4.69) is 36.7 Å². The van der Waals surface area contributed by atoms with E-state index in [0.717, 1.165) is 41.1 Å². The highest BCUT2D eigenvalue weighted by molar-refractivity contribution is 8.00. The van der Waals surface area contributed by atoms with E-state index in [-0.39, 0.29) is 29.7 Å². The molecule has 0 saturated carbocycles. The highest BCUT2D eigenvalue weighted by Gasteiger charge is 2.34. The lowest BCUT2D eigenvalue weighted by atomic mass is 9.72. The first-order chi connectivity index (χ1) is 20.3. The fourth-order valence-electron chi connectivity index (χ4n) is 5.03. The summed E-state index contributed by atoms with van der Waals surface area (Å²) in [5.41, 5.74) is 3.90. The van der Waals surface area contributed by atoms with Gasteiger partial charge in [0, 0.05) is 26.7 Å². The maximum absolute atomic E-state index is 13.4. The molecule has 7 nitrogen and oxygen atoms in total. The molecule has 3 aromatic rings. The van der Waals surface area contributed by atoms with Crippen LogP contribution in [0.1, 0.15) is 79.1 Å². The first-order valence-electron chi connectivity index (χ1n) is 14.4. The standard InChI is InChI=1S/C33H39N3O4S3/c1-7-40-31(39)28-26-16-13-22(33(4,5)6)17-27(26)43-30(28)36-29(38)20(3)42-25-10-8-9-24(18-25)35-32(41)34-23-14-11-21(12-15-23)19(2)37/h8-12,14-15,18,20,22H,7,13,16-17H2,1-6H3,(H,36,38)(H2,34,35,41). The molecule has 0 spiro atoms. The number of amides is 1. The number of ketones is 1. The fourth-order valence-corrected chi connectivity index (χ4v) is 7.51.